The number of carbonyl (C=O) groups excluding carboxylic acids is 2. The van der Waals surface area contributed by atoms with Gasteiger partial charge in [-0.15, -0.1) is 0 Å². The zero-order chi connectivity index (χ0) is 18.5. The van der Waals surface area contributed by atoms with Crippen molar-refractivity contribution in [1.82, 2.24) is 0 Å². The van der Waals surface area contributed by atoms with E-state index in [0.717, 1.165) is 19.3 Å². The minimum absolute atomic E-state index is 0.0420. The van der Waals surface area contributed by atoms with Crippen LogP contribution in [0, 0.1) is 5.82 Å². The van der Waals surface area contributed by atoms with Crippen molar-refractivity contribution in [2.24, 2.45) is 0 Å². The summed E-state index contributed by atoms with van der Waals surface area (Å²) in [6.07, 6.45) is 6.54. The van der Waals surface area contributed by atoms with E-state index in [9.17, 15) is 14.0 Å². The van der Waals surface area contributed by atoms with Crippen LogP contribution in [-0.2, 0) is 25.7 Å². The van der Waals surface area contributed by atoms with Crippen LogP contribution in [0.5, 0.6) is 0 Å². The predicted octanol–water partition coefficient (Wildman–Crippen LogP) is 5.21. The molecule has 0 radical (unpaired) electrons. The molecule has 0 unspecified atom stereocenters. The van der Waals surface area contributed by atoms with Crippen molar-refractivity contribution in [3.8, 4) is 0 Å². The van der Waals surface area contributed by atoms with Crippen LogP contribution in [0.25, 0.3) is 0 Å². The van der Waals surface area contributed by atoms with E-state index in [1.165, 1.54) is 37.5 Å². The third-order valence-corrected chi connectivity index (χ3v) is 4.09. The van der Waals surface area contributed by atoms with Crippen molar-refractivity contribution in [3.05, 3.63) is 34.6 Å². The fourth-order valence-corrected chi connectivity index (χ4v) is 2.46. The summed E-state index contributed by atoms with van der Waals surface area (Å²) in [5.41, 5.74) is 0.128. The molecule has 1 aromatic carbocycles. The Hall–Kier alpha value is -1.62. The molecule has 1 aromatic rings. The van der Waals surface area contributed by atoms with E-state index in [1.54, 1.807) is 0 Å². The molecule has 6 heteroatoms. The third-order valence-electron chi connectivity index (χ3n) is 3.73. The third kappa shape index (κ3) is 9.44. The molecule has 0 aliphatic carbocycles. The molecule has 0 saturated carbocycles. The first-order chi connectivity index (χ1) is 12.0. The van der Waals surface area contributed by atoms with Gasteiger partial charge in [-0.3, -0.25) is 9.59 Å². The summed E-state index contributed by atoms with van der Waals surface area (Å²) in [5, 5.41) is 0.200. The van der Waals surface area contributed by atoms with Gasteiger partial charge in [0.05, 0.1) is 24.5 Å². The van der Waals surface area contributed by atoms with Gasteiger partial charge in [-0.1, -0.05) is 56.7 Å². The van der Waals surface area contributed by atoms with E-state index in [0.29, 0.717) is 6.61 Å². The standard InChI is InChI=1S/C19H26ClFO4/c1-2-3-4-5-6-7-13-24-18(22)11-12-19(23)25-14-15-16(20)9-8-10-17(15)21/h8-10H,2-7,11-14H2,1H3. The first-order valence-corrected chi connectivity index (χ1v) is 9.16. The molecule has 0 fully saturated rings. The minimum atomic E-state index is -0.587. The number of unbranched alkanes of at least 4 members (excludes halogenated alkanes) is 5. The monoisotopic (exact) mass is 372 g/mol. The molecule has 0 aromatic heterocycles. The summed E-state index contributed by atoms with van der Waals surface area (Å²) >= 11 is 5.85. The van der Waals surface area contributed by atoms with Crippen molar-refractivity contribution in [2.75, 3.05) is 6.61 Å². The minimum Gasteiger partial charge on any atom is -0.466 e. The van der Waals surface area contributed by atoms with Crippen molar-refractivity contribution < 1.29 is 23.5 Å². The Kier molecular flexibility index (Phi) is 10.9. The van der Waals surface area contributed by atoms with Gasteiger partial charge in [0.1, 0.15) is 12.4 Å². The lowest BCUT2D eigenvalue weighted by molar-refractivity contribution is -0.151. The van der Waals surface area contributed by atoms with Crippen LogP contribution in [-0.4, -0.2) is 18.5 Å². The molecule has 0 saturated heterocycles. The topological polar surface area (TPSA) is 52.6 Å². The van der Waals surface area contributed by atoms with Gasteiger partial charge in [-0.25, -0.2) is 4.39 Å². The number of esters is 2. The SMILES string of the molecule is CCCCCCCCOC(=O)CCC(=O)OCc1c(F)cccc1Cl. The summed E-state index contributed by atoms with van der Waals surface area (Å²) in [6.45, 7) is 2.29. The van der Waals surface area contributed by atoms with E-state index in [2.05, 4.69) is 6.92 Å². The summed E-state index contributed by atoms with van der Waals surface area (Å²) in [4.78, 5) is 23.2. The average Bonchev–Trinajstić information content (AvgIpc) is 2.58. The number of halogens is 2. The lowest BCUT2D eigenvalue weighted by Gasteiger charge is -2.08. The van der Waals surface area contributed by atoms with Gasteiger partial charge < -0.3 is 9.47 Å². The fraction of sp³-hybridized carbons (Fsp3) is 0.579. The zero-order valence-electron chi connectivity index (χ0n) is 14.7. The second kappa shape index (κ2) is 12.7. The molecule has 4 nitrogen and oxygen atoms in total. The van der Waals surface area contributed by atoms with Gasteiger partial charge in [0.2, 0.25) is 0 Å². The summed E-state index contributed by atoms with van der Waals surface area (Å²) in [6, 6.07) is 4.24. The largest absolute Gasteiger partial charge is 0.466 e. The van der Waals surface area contributed by atoms with Gasteiger partial charge >= 0.3 is 11.9 Å². The number of hydrogen-bond acceptors (Lipinski definition) is 4. The van der Waals surface area contributed by atoms with E-state index < -0.39 is 17.8 Å². The maximum Gasteiger partial charge on any atom is 0.306 e. The van der Waals surface area contributed by atoms with Crippen molar-refractivity contribution in [2.45, 2.75) is 64.9 Å². The number of ether oxygens (including phenoxy) is 2. The molecular weight excluding hydrogens is 347 g/mol. The van der Waals surface area contributed by atoms with Crippen LogP contribution in [0.4, 0.5) is 4.39 Å². The van der Waals surface area contributed by atoms with Gasteiger partial charge in [-0.05, 0) is 18.6 Å². The Bertz CT molecular complexity index is 528. The molecule has 0 aliphatic heterocycles. The fourth-order valence-electron chi connectivity index (χ4n) is 2.24. The first-order valence-electron chi connectivity index (χ1n) is 8.78. The molecular formula is C19H26ClFO4. The molecule has 0 atom stereocenters. The average molecular weight is 373 g/mol. The molecule has 0 spiro atoms. The van der Waals surface area contributed by atoms with Gasteiger partial charge in [0.25, 0.3) is 0 Å². The second-order valence-electron chi connectivity index (χ2n) is 5.85. The number of rotatable bonds is 12. The molecule has 0 bridgehead atoms. The van der Waals surface area contributed by atoms with Crippen LogP contribution < -0.4 is 0 Å². The Labute approximate surface area is 153 Å². The van der Waals surface area contributed by atoms with Crippen LogP contribution >= 0.6 is 11.6 Å². The van der Waals surface area contributed by atoms with Crippen molar-refractivity contribution >= 4 is 23.5 Å². The smallest absolute Gasteiger partial charge is 0.306 e. The van der Waals surface area contributed by atoms with Gasteiger partial charge in [-0.2, -0.15) is 0 Å². The zero-order valence-corrected chi connectivity index (χ0v) is 15.4. The van der Waals surface area contributed by atoms with Crippen LogP contribution in [0.3, 0.4) is 0 Å². The first kappa shape index (κ1) is 21.4. The van der Waals surface area contributed by atoms with Gasteiger partial charge in [0.15, 0.2) is 0 Å². The highest BCUT2D eigenvalue weighted by Gasteiger charge is 2.12. The van der Waals surface area contributed by atoms with E-state index >= 15 is 0 Å². The van der Waals surface area contributed by atoms with Crippen molar-refractivity contribution in [1.29, 1.82) is 0 Å². The Morgan fingerprint density at radius 3 is 2.32 bits per heavy atom. The van der Waals surface area contributed by atoms with Crippen LogP contribution in [0.1, 0.15) is 63.9 Å². The number of carbonyl (C=O) groups is 2. The molecule has 0 amide bonds. The van der Waals surface area contributed by atoms with E-state index in [1.807, 2.05) is 0 Å². The quantitative estimate of drug-likeness (QED) is 0.373. The maximum absolute atomic E-state index is 13.5. The van der Waals surface area contributed by atoms with Crippen molar-refractivity contribution in [3.63, 3.8) is 0 Å². The van der Waals surface area contributed by atoms with Crippen LogP contribution in [0.2, 0.25) is 5.02 Å². The summed E-state index contributed by atoms with van der Waals surface area (Å²) in [5.74, 6) is -1.54. The van der Waals surface area contributed by atoms with Gasteiger partial charge in [0, 0.05) is 5.56 Å². The normalized spacial score (nSPS) is 10.5. The second-order valence-corrected chi connectivity index (χ2v) is 6.26. The molecule has 25 heavy (non-hydrogen) atoms. The maximum atomic E-state index is 13.5. The van der Waals surface area contributed by atoms with Crippen LogP contribution in [0.15, 0.2) is 18.2 Å². The highest BCUT2D eigenvalue weighted by Crippen LogP contribution is 2.20. The lowest BCUT2D eigenvalue weighted by Crippen LogP contribution is -2.11. The van der Waals surface area contributed by atoms with E-state index in [-0.39, 0.29) is 30.0 Å². The Morgan fingerprint density at radius 2 is 1.64 bits per heavy atom. The highest BCUT2D eigenvalue weighted by atomic mass is 35.5. The summed E-state index contributed by atoms with van der Waals surface area (Å²) < 4.78 is 23.6. The molecule has 1 rings (SSSR count). The number of hydrogen-bond donors (Lipinski definition) is 0. The van der Waals surface area contributed by atoms with E-state index in [4.69, 9.17) is 21.1 Å². The molecule has 0 aliphatic rings. The lowest BCUT2D eigenvalue weighted by atomic mass is 10.1. The summed E-state index contributed by atoms with van der Waals surface area (Å²) in [7, 11) is 0. The molecule has 140 valence electrons. The Balaban J connectivity index is 2.12. The molecule has 0 heterocycles. The highest BCUT2D eigenvalue weighted by molar-refractivity contribution is 6.31. The molecule has 0 N–H and O–H groups in total. The number of benzene rings is 1. The Morgan fingerprint density at radius 1 is 1.00 bits per heavy atom. The predicted molar refractivity (Wildman–Crippen MR) is 94.8 cm³/mol.